The molecule has 0 atom stereocenters. The van der Waals surface area contributed by atoms with Crippen LogP contribution in [-0.4, -0.2) is 26.3 Å². The zero-order chi connectivity index (χ0) is 7.49. The van der Waals surface area contributed by atoms with Crippen LogP contribution >= 0.6 is 18.8 Å². The molecule has 0 saturated heterocycles. The van der Waals surface area contributed by atoms with E-state index in [1.165, 1.54) is 0 Å². The molecule has 0 aromatic carbocycles. The Hall–Kier alpha value is 0.650. The van der Waals surface area contributed by atoms with Gasteiger partial charge in [-0.3, -0.25) is 4.55 Å². The van der Waals surface area contributed by atoms with Crippen LogP contribution in [0, 0.1) is 0 Å². The molecule has 0 rings (SSSR count). The smallest absolute Gasteiger partial charge is 0.263 e. The van der Waals surface area contributed by atoms with Crippen LogP contribution in [-0.2, 0) is 14.0 Å². The summed E-state index contributed by atoms with van der Waals surface area (Å²) in [7, 11) is -4.75. The first-order valence-corrected chi connectivity index (χ1v) is 6.87. The quantitative estimate of drug-likeness (QED) is 0.410. The van der Waals surface area contributed by atoms with E-state index in [4.69, 9.17) is 4.55 Å². The minimum atomic E-state index is -4.24. The molecular weight excluding hydrogens is 183 g/mol. The van der Waals surface area contributed by atoms with Crippen LogP contribution in [0.2, 0.25) is 0 Å². The number of hydrogen-bond acceptors (Lipinski definition) is 4. The molecule has 0 aliphatic carbocycles. The summed E-state index contributed by atoms with van der Waals surface area (Å²) < 4.78 is 31.7. The Balaban J connectivity index is 3.53. The first-order chi connectivity index (χ1) is 3.92. The van der Waals surface area contributed by atoms with E-state index >= 15 is 0 Å². The third-order valence-electron chi connectivity index (χ3n) is 0.265. The van der Waals surface area contributed by atoms with Gasteiger partial charge in [0.2, 0.25) is 0 Å². The molecule has 4 nitrogen and oxygen atoms in total. The summed E-state index contributed by atoms with van der Waals surface area (Å²) in [5.41, 5.74) is 0. The van der Waals surface area contributed by atoms with Crippen LogP contribution in [0.4, 0.5) is 0 Å². The van der Waals surface area contributed by atoms with Crippen molar-refractivity contribution in [3.8, 4) is 0 Å². The third-order valence-corrected chi connectivity index (χ3v) is 2.94. The van der Waals surface area contributed by atoms with Crippen LogP contribution in [0.25, 0.3) is 0 Å². The fourth-order valence-electron chi connectivity index (χ4n) is 0.0993. The lowest BCUT2D eigenvalue weighted by atomic mass is 11.9. The highest BCUT2D eigenvalue weighted by Crippen LogP contribution is 2.43. The molecule has 0 radical (unpaired) electrons. The van der Waals surface area contributed by atoms with E-state index in [-0.39, 0.29) is 0 Å². The first kappa shape index (κ1) is 9.65. The molecule has 56 valence electrons. The van der Waals surface area contributed by atoms with Crippen molar-refractivity contribution < 1.29 is 16.6 Å². The van der Waals surface area contributed by atoms with Gasteiger partial charge in [-0.2, -0.15) is 12.0 Å². The van der Waals surface area contributed by atoms with Gasteiger partial charge >= 0.3 is 10.4 Å². The van der Waals surface area contributed by atoms with Gasteiger partial charge in [-0.15, -0.1) is 0 Å². The van der Waals surface area contributed by atoms with Gasteiger partial charge in [0.1, 0.15) is 0 Å². The highest BCUT2D eigenvalue weighted by molar-refractivity contribution is 8.54. The summed E-state index contributed by atoms with van der Waals surface area (Å²) >= 11 is 0.765. The van der Waals surface area contributed by atoms with E-state index in [2.05, 4.69) is 3.63 Å². The lowest BCUT2D eigenvalue weighted by Gasteiger charge is -1.99. The van der Waals surface area contributed by atoms with Crippen molar-refractivity contribution in [3.63, 3.8) is 0 Å². The largest absolute Gasteiger partial charge is 0.408 e. The van der Waals surface area contributed by atoms with Crippen molar-refractivity contribution in [2.45, 2.75) is 0 Å². The topological polar surface area (TPSA) is 63.6 Å². The molecule has 0 aromatic rings. The second kappa shape index (κ2) is 3.73. The Morgan fingerprint density at radius 1 is 1.56 bits per heavy atom. The average molecular weight is 190 g/mol. The van der Waals surface area contributed by atoms with Crippen LogP contribution < -0.4 is 0 Å². The van der Waals surface area contributed by atoms with Crippen molar-refractivity contribution in [3.05, 3.63) is 0 Å². The molecule has 0 aliphatic heterocycles. The predicted molar refractivity (Wildman–Crippen MR) is 39.0 cm³/mol. The van der Waals surface area contributed by atoms with Gasteiger partial charge in [-0.25, -0.2) is 0 Å². The zero-order valence-electron chi connectivity index (χ0n) is 4.94. The molecule has 0 fully saturated rings. The summed E-state index contributed by atoms with van der Waals surface area (Å²) in [6.45, 7) is 3.62. The molecule has 0 bridgehead atoms. The monoisotopic (exact) mass is 190 g/mol. The van der Waals surface area contributed by atoms with Gasteiger partial charge in [0.05, 0.1) is 0 Å². The number of rotatable bonds is 3. The summed E-state index contributed by atoms with van der Waals surface area (Å²) in [5, 5.41) is 0. The SMILES string of the molecule is CP(C)SOS(=O)(=O)O. The second-order valence-corrected chi connectivity index (χ2v) is 7.19. The molecule has 0 aliphatic rings. The Kier molecular flexibility index (Phi) is 4.00. The van der Waals surface area contributed by atoms with E-state index in [1.807, 2.05) is 13.3 Å². The Labute approximate surface area is 59.6 Å². The van der Waals surface area contributed by atoms with Crippen LogP contribution in [0.1, 0.15) is 0 Å². The molecule has 9 heavy (non-hydrogen) atoms. The maximum Gasteiger partial charge on any atom is 0.408 e. The van der Waals surface area contributed by atoms with Crippen molar-refractivity contribution >= 4 is 29.2 Å². The van der Waals surface area contributed by atoms with Crippen molar-refractivity contribution in [1.82, 2.24) is 0 Å². The van der Waals surface area contributed by atoms with Crippen LogP contribution in [0.5, 0.6) is 0 Å². The standard InChI is InChI=1S/C2H7O4PS2/c1-7(2)8-6-9(3,4)5/h1-2H3,(H,3,4,5). The summed E-state index contributed by atoms with van der Waals surface area (Å²) in [6, 6.07) is 0. The lowest BCUT2D eigenvalue weighted by molar-refractivity contribution is 0.409. The first-order valence-electron chi connectivity index (χ1n) is 1.93. The van der Waals surface area contributed by atoms with Gasteiger partial charge in [-0.05, 0) is 20.5 Å². The summed E-state index contributed by atoms with van der Waals surface area (Å²) in [4.78, 5) is 0. The maximum atomic E-state index is 9.86. The van der Waals surface area contributed by atoms with E-state index in [1.54, 1.807) is 0 Å². The molecule has 0 heterocycles. The van der Waals surface area contributed by atoms with E-state index in [0.29, 0.717) is 0 Å². The van der Waals surface area contributed by atoms with Crippen molar-refractivity contribution in [2.24, 2.45) is 0 Å². The molecule has 1 N–H and O–H groups in total. The Bertz CT molecular complexity index is 161. The van der Waals surface area contributed by atoms with Crippen LogP contribution in [0.3, 0.4) is 0 Å². The molecule has 7 heteroatoms. The van der Waals surface area contributed by atoms with Gasteiger partial charge in [0, 0.05) is 11.7 Å². The van der Waals surface area contributed by atoms with Gasteiger partial charge < -0.3 is 0 Å². The highest BCUT2D eigenvalue weighted by atomic mass is 32.7. The van der Waals surface area contributed by atoms with E-state index < -0.39 is 17.5 Å². The molecule has 0 saturated carbocycles. The van der Waals surface area contributed by atoms with Crippen LogP contribution in [0.15, 0.2) is 0 Å². The fourth-order valence-corrected chi connectivity index (χ4v) is 2.68. The van der Waals surface area contributed by atoms with Gasteiger partial charge in [-0.1, -0.05) is 0 Å². The minimum absolute atomic E-state index is 0.510. The molecular formula is C2H7O4PS2. The van der Waals surface area contributed by atoms with E-state index in [9.17, 15) is 8.42 Å². The second-order valence-electron chi connectivity index (χ2n) is 1.38. The Morgan fingerprint density at radius 3 is 2.11 bits per heavy atom. The Morgan fingerprint density at radius 2 is 2.00 bits per heavy atom. The molecule has 0 aromatic heterocycles. The molecule has 0 spiro atoms. The minimum Gasteiger partial charge on any atom is -0.263 e. The maximum absolute atomic E-state index is 9.86. The molecule has 0 unspecified atom stereocenters. The van der Waals surface area contributed by atoms with Gasteiger partial charge in [0.15, 0.2) is 0 Å². The fraction of sp³-hybridized carbons (Fsp3) is 1.00. The number of hydrogen-bond donors (Lipinski definition) is 1. The molecule has 0 amide bonds. The lowest BCUT2D eigenvalue weighted by Crippen LogP contribution is -1.95. The van der Waals surface area contributed by atoms with Crippen molar-refractivity contribution in [1.29, 1.82) is 0 Å². The zero-order valence-corrected chi connectivity index (χ0v) is 7.46. The third kappa shape index (κ3) is 8.65. The summed E-state index contributed by atoms with van der Waals surface area (Å²) in [6.07, 6.45) is 0. The average Bonchev–Trinajstić information content (AvgIpc) is 1.59. The van der Waals surface area contributed by atoms with E-state index in [0.717, 1.165) is 11.7 Å². The van der Waals surface area contributed by atoms with Gasteiger partial charge in [0.25, 0.3) is 0 Å². The highest BCUT2D eigenvalue weighted by Gasteiger charge is 2.05. The normalized spacial score (nSPS) is 12.4. The van der Waals surface area contributed by atoms with Crippen molar-refractivity contribution in [2.75, 3.05) is 13.3 Å². The summed E-state index contributed by atoms with van der Waals surface area (Å²) in [5.74, 6) is 0. The predicted octanol–water partition coefficient (Wildman–Crippen LogP) is 1.11.